The highest BCUT2D eigenvalue weighted by molar-refractivity contribution is 5.75. The molecule has 11 saturated heterocycles. The molecule has 55 atom stereocenters. The maximum atomic E-state index is 13.4. The average molecular weight is 1950 g/mol. The molecule has 11 aliphatic heterocycles. The molecule has 0 aliphatic carbocycles. The van der Waals surface area contributed by atoms with Crippen LogP contribution in [0.4, 0.5) is 0 Å². The van der Waals surface area contributed by atoms with E-state index >= 15 is 0 Å². The molecule has 0 spiro atoms. The van der Waals surface area contributed by atoms with E-state index < -0.39 is 420 Å². The highest BCUT2D eigenvalue weighted by atomic mass is 16.8. The van der Waals surface area contributed by atoms with Crippen LogP contribution in [0.2, 0.25) is 0 Å². The number of ether oxygens (including phenoxy) is 21. The van der Waals surface area contributed by atoms with E-state index in [9.17, 15) is 172 Å². The largest absolute Gasteiger partial charge is 0.479 e. The zero-order chi connectivity index (χ0) is 98.0. The summed E-state index contributed by atoms with van der Waals surface area (Å²) in [6.45, 7) is -3.02. The summed E-state index contributed by atoms with van der Waals surface area (Å²) in [6, 6.07) is -7.96. The van der Waals surface area contributed by atoms with Crippen molar-refractivity contribution in [1.29, 1.82) is 0 Å². The first-order chi connectivity index (χ1) is 62.7. The molecular weight excluding hydrogens is 1820 g/mol. The molecule has 133 heavy (non-hydrogen) atoms. The molecule has 11 rings (SSSR count). The molecule has 11 heterocycles. The van der Waals surface area contributed by atoms with Crippen LogP contribution in [0.1, 0.15) is 41.5 Å². The maximum absolute atomic E-state index is 13.4. The van der Waals surface area contributed by atoms with Gasteiger partial charge in [-0.1, -0.05) is 0 Å². The average Bonchev–Trinajstić information content (AvgIpc) is 0.762. The highest BCUT2D eigenvalue weighted by Gasteiger charge is 2.63. The van der Waals surface area contributed by atoms with E-state index in [1.165, 1.54) is 13.8 Å². The molecule has 33 N–H and O–H groups in total. The number of nitrogens with one attached hydrogen (secondary N) is 4. The van der Waals surface area contributed by atoms with Crippen LogP contribution in [0, 0.1) is 0 Å². The van der Waals surface area contributed by atoms with Crippen LogP contribution < -0.4 is 21.3 Å². The lowest BCUT2D eigenvalue weighted by atomic mass is 9.93. The number of carboxylic acids is 1. The number of aliphatic hydroxyl groups excluding tert-OH is 28. The van der Waals surface area contributed by atoms with Gasteiger partial charge < -0.3 is 269 Å². The summed E-state index contributed by atoms with van der Waals surface area (Å²) in [7, 11) is 0. The Kier molecular flexibility index (Phi) is 38.3. The van der Waals surface area contributed by atoms with Crippen molar-refractivity contribution in [1.82, 2.24) is 21.3 Å². The predicted molar refractivity (Wildman–Crippen MR) is 406 cm³/mol. The second-order valence-electron chi connectivity index (χ2n) is 33.8. The third kappa shape index (κ3) is 23.9. The molecular formula is C74H122N4O55. The lowest BCUT2D eigenvalue weighted by Crippen LogP contribution is -2.71. The van der Waals surface area contributed by atoms with Crippen LogP contribution in [0.15, 0.2) is 0 Å². The summed E-state index contributed by atoms with van der Waals surface area (Å²) in [4.78, 5) is 64.8. The Bertz CT molecular complexity index is 3700. The van der Waals surface area contributed by atoms with Gasteiger partial charge in [0.2, 0.25) is 23.6 Å². The fourth-order valence-electron chi connectivity index (χ4n) is 17.2. The van der Waals surface area contributed by atoms with Crippen molar-refractivity contribution in [2.24, 2.45) is 0 Å². The number of rotatable bonds is 33. The number of aliphatic carboxylic acids is 1. The molecule has 0 saturated carbocycles. The monoisotopic (exact) mass is 1950 g/mol. The van der Waals surface area contributed by atoms with E-state index in [1.54, 1.807) is 0 Å². The summed E-state index contributed by atoms with van der Waals surface area (Å²) in [6.07, 6.45) is -108. The predicted octanol–water partition coefficient (Wildman–Crippen LogP) is -22.3. The second-order valence-corrected chi connectivity index (χ2v) is 33.8. The summed E-state index contributed by atoms with van der Waals surface area (Å²) >= 11 is 0. The van der Waals surface area contributed by atoms with E-state index in [0.717, 1.165) is 27.7 Å². The van der Waals surface area contributed by atoms with Crippen molar-refractivity contribution >= 4 is 29.6 Å². The van der Waals surface area contributed by atoms with Gasteiger partial charge in [-0.2, -0.15) is 0 Å². The molecule has 0 unspecified atom stereocenters. The molecule has 11 fully saturated rings. The first-order valence-corrected chi connectivity index (χ1v) is 42.4. The highest BCUT2D eigenvalue weighted by Crippen LogP contribution is 2.42. The Morgan fingerprint density at radius 2 is 0.534 bits per heavy atom. The Hall–Kier alpha value is -4.61. The van der Waals surface area contributed by atoms with E-state index in [0.29, 0.717) is 0 Å². The van der Waals surface area contributed by atoms with Crippen LogP contribution in [0.25, 0.3) is 0 Å². The Morgan fingerprint density at radius 1 is 0.233 bits per heavy atom. The minimum atomic E-state index is -2.53. The molecule has 11 aliphatic rings. The van der Waals surface area contributed by atoms with Crippen LogP contribution in [0.5, 0.6) is 0 Å². The van der Waals surface area contributed by atoms with E-state index in [2.05, 4.69) is 21.3 Å². The molecule has 4 amide bonds. The van der Waals surface area contributed by atoms with Crippen LogP contribution >= 0.6 is 0 Å². The van der Waals surface area contributed by atoms with Gasteiger partial charge >= 0.3 is 5.97 Å². The normalized spacial score (nSPS) is 50.0. The van der Waals surface area contributed by atoms with Gasteiger partial charge in [0.25, 0.3) is 0 Å². The summed E-state index contributed by atoms with van der Waals surface area (Å²) in [5, 5.41) is 333. The lowest BCUT2D eigenvalue weighted by Gasteiger charge is -2.51. The van der Waals surface area contributed by atoms with E-state index in [4.69, 9.17) is 99.5 Å². The summed E-state index contributed by atoms with van der Waals surface area (Å²) in [5.74, 6) is -5.81. The molecule has 768 valence electrons. The van der Waals surface area contributed by atoms with Crippen molar-refractivity contribution in [3.8, 4) is 0 Å². The van der Waals surface area contributed by atoms with Crippen LogP contribution in [-0.4, -0.2) is 568 Å². The second kappa shape index (κ2) is 46.9. The Morgan fingerprint density at radius 3 is 1.01 bits per heavy atom. The summed E-state index contributed by atoms with van der Waals surface area (Å²) in [5.41, 5.74) is 0. The number of carbonyl (C=O) groups excluding carboxylic acids is 4. The fraction of sp³-hybridized carbons (Fsp3) is 0.932. The smallest absolute Gasteiger partial charge is 0.335 e. The van der Waals surface area contributed by atoms with Crippen molar-refractivity contribution in [3.05, 3.63) is 0 Å². The first-order valence-electron chi connectivity index (χ1n) is 42.4. The van der Waals surface area contributed by atoms with Gasteiger partial charge in [0.05, 0.1) is 65.1 Å². The van der Waals surface area contributed by atoms with Gasteiger partial charge in [-0.25, -0.2) is 4.79 Å². The number of hydrogen-bond acceptors (Lipinski definition) is 54. The Labute approximate surface area is 752 Å². The number of aliphatic hydroxyl groups is 28. The number of hydrogen-bond donors (Lipinski definition) is 33. The Balaban J connectivity index is 0.867. The van der Waals surface area contributed by atoms with E-state index in [1.807, 2.05) is 0 Å². The van der Waals surface area contributed by atoms with Gasteiger partial charge in [-0.05, 0) is 13.8 Å². The molecule has 59 heteroatoms. The lowest BCUT2D eigenvalue weighted by molar-refractivity contribution is -0.391. The topological polar surface area (TPSA) is 914 Å². The van der Waals surface area contributed by atoms with E-state index in [-0.39, 0.29) is 0 Å². The van der Waals surface area contributed by atoms with Crippen molar-refractivity contribution < 1.29 is 272 Å². The van der Waals surface area contributed by atoms with Crippen LogP contribution in [-0.2, 0) is 123 Å². The SMILES string of the molecule is CC(=O)N[C@@H]1[C@@H](O[C@@H]2O[C@@H](C)[C@@H](O)[C@@H](O)[C@@H]2O)[C@H](O[C@@H]2O[C@H](CO)[C@@H](O[C@@H]3O[C@H](CO[C@H]4O[C@H](CO)[C@@H](O)[C@H](O)[C@@H]4O[C@@H]4O[C@H](CO)[C@@H](O[C@@H]5O[C@H](CO)[C@H](O)[C@H](O[C@@H]6O[C@H](CO)[C@H](O)[C@H](O[C@@H]7O[C@H](C(=O)O)[C@@H](O)[C@H](O)[C@H]7O)[C@H]6O)[C@H]5NC(C)=O)[C@H](O)[C@H]4NC(C)=O)[C@@H](O)[C@H](O[C@H]4O[C@H](CO)[C@@H](O)[C@H](O)[C@@H]4O)[C@@H]3O)[C@H](O)[C@H]2NC(C)=O)[C@@H](CO[C@@H]2O[C@@H](C)[C@@H](O)[C@@H](O)[C@@H]2O)O[C@H]1O. The summed E-state index contributed by atoms with van der Waals surface area (Å²) < 4.78 is 125. The van der Waals surface area contributed by atoms with Gasteiger partial charge in [-0.15, -0.1) is 0 Å². The minimum Gasteiger partial charge on any atom is -0.479 e. The van der Waals surface area contributed by atoms with Gasteiger partial charge in [0.1, 0.15) is 250 Å². The zero-order valence-electron chi connectivity index (χ0n) is 71.5. The molecule has 0 aromatic carbocycles. The molecule has 0 aromatic heterocycles. The van der Waals surface area contributed by atoms with Crippen molar-refractivity contribution in [2.45, 2.75) is 379 Å². The molecule has 0 bridgehead atoms. The number of amides is 4. The number of carbonyl (C=O) groups is 5. The van der Waals surface area contributed by atoms with Gasteiger partial charge in [0.15, 0.2) is 75.3 Å². The molecule has 0 radical (unpaired) electrons. The first kappa shape index (κ1) is 109. The minimum absolute atomic E-state index is 0.894. The standard InChI is InChI=1S/C74H122N4O55/c1-15-33(89)42(98)48(104)68(115-15)113-14-28-56(58(31(64(112)117-28)77-19(5)87)129-69-49(105)43(99)34(90)16(2)116-69)127-65-29(75-17(3)85)41(97)55(26(12-84)122-65)126-73-53(109)60(130-70-50(106)44(100)35(91)21(7-79)119-70)39(95)27(124-73)13-114-74-62(46(102)36(92)22(8-80)121-74)133-66-30(76-18(4)86)40(96)54(25(11-83)123-66)125-67-32(78-20(6)88)57(37(93)23(9-81)118-67)128-72-52(108)59(38(94)24(10-82)120-72)131-71-51(107)45(101)47(103)61(132-71)63(110)111/h15-16,21-62,64-74,79-84,89-109,112H,7-14H2,1-6H3,(H,75,85)(H,76,86)(H,77,87)(H,78,88)(H,110,111)/t15-,16-,21+,22+,23+,24+,25+,26+,27+,28+,29+,30+,31+,32+,33+,34+,35+,36+,37-,38-,39+,40+,41+,42+,43+,44-,45-,46-,47-,48-,49-,50-,51+,52+,53-,54+,55+,56+,57+,58+,59-,60-,61-,62-,64+,65-,66-,67-,68+,69-,70+,71+,72-,73-,74-/m0/s1. The zero-order valence-corrected chi connectivity index (χ0v) is 71.5. The van der Waals surface area contributed by atoms with Crippen LogP contribution in [0.3, 0.4) is 0 Å². The molecule has 0 aromatic rings. The third-order valence-corrected chi connectivity index (χ3v) is 24.5. The third-order valence-electron chi connectivity index (χ3n) is 24.5. The molecule has 59 nitrogen and oxygen atoms in total. The van der Waals surface area contributed by atoms with Crippen molar-refractivity contribution in [3.63, 3.8) is 0 Å². The fourth-order valence-corrected chi connectivity index (χ4v) is 17.2. The number of carboxylic acid groups (broad SMARTS) is 1. The quantitative estimate of drug-likeness (QED) is 0.0290. The maximum Gasteiger partial charge on any atom is 0.335 e. The van der Waals surface area contributed by atoms with Gasteiger partial charge in [0, 0.05) is 27.7 Å². The van der Waals surface area contributed by atoms with Crippen molar-refractivity contribution in [2.75, 3.05) is 52.9 Å². The van der Waals surface area contributed by atoms with Gasteiger partial charge in [-0.3, -0.25) is 19.2 Å².